The molecular formula is C12H22N2O4. The number of likely N-dealkylation sites (tertiary alicyclic amines) is 1. The molecule has 0 aromatic rings. The molecule has 1 aliphatic heterocycles. The number of aliphatic hydroxyl groups is 1. The van der Waals surface area contributed by atoms with Crippen LogP contribution >= 0.6 is 0 Å². The topological polar surface area (TPSA) is 81.1 Å². The lowest BCUT2D eigenvalue weighted by Crippen LogP contribution is -2.40. The Morgan fingerprint density at radius 1 is 1.33 bits per heavy atom. The number of urea groups is 1. The van der Waals surface area contributed by atoms with E-state index in [1.165, 1.54) is 0 Å². The molecule has 1 heterocycles. The van der Waals surface area contributed by atoms with Crippen LogP contribution < -0.4 is 0 Å². The third-order valence-electron chi connectivity index (χ3n) is 3.29. The maximum Gasteiger partial charge on any atom is 0.319 e. The summed E-state index contributed by atoms with van der Waals surface area (Å²) in [7, 11) is 1.73. The van der Waals surface area contributed by atoms with Gasteiger partial charge in [0.1, 0.15) is 0 Å². The molecule has 1 saturated heterocycles. The molecule has 0 aromatic heterocycles. The second-order valence-corrected chi connectivity index (χ2v) is 4.76. The Morgan fingerprint density at radius 2 is 2.06 bits per heavy atom. The molecule has 1 rings (SSSR count). The summed E-state index contributed by atoms with van der Waals surface area (Å²) >= 11 is 0. The fourth-order valence-corrected chi connectivity index (χ4v) is 2.11. The smallest absolute Gasteiger partial charge is 0.319 e. The summed E-state index contributed by atoms with van der Waals surface area (Å²) in [5.74, 6) is -1.24. The Bertz CT molecular complexity index is 296. The van der Waals surface area contributed by atoms with E-state index in [1.54, 1.807) is 16.8 Å². The molecule has 104 valence electrons. The zero-order valence-corrected chi connectivity index (χ0v) is 10.8. The van der Waals surface area contributed by atoms with E-state index >= 15 is 0 Å². The van der Waals surface area contributed by atoms with Gasteiger partial charge in [-0.3, -0.25) is 4.79 Å². The lowest BCUT2D eigenvalue weighted by molar-refractivity contribution is -0.141. The van der Waals surface area contributed by atoms with E-state index in [4.69, 9.17) is 10.2 Å². The quantitative estimate of drug-likeness (QED) is 0.684. The lowest BCUT2D eigenvalue weighted by atomic mass is 10.1. The minimum absolute atomic E-state index is 0.0947. The monoisotopic (exact) mass is 258 g/mol. The number of amides is 2. The molecule has 6 nitrogen and oxygen atoms in total. The van der Waals surface area contributed by atoms with Crippen molar-refractivity contribution in [1.29, 1.82) is 0 Å². The minimum Gasteiger partial charge on any atom is -0.481 e. The van der Waals surface area contributed by atoms with Crippen molar-refractivity contribution in [2.45, 2.75) is 25.7 Å². The van der Waals surface area contributed by atoms with E-state index in [0.29, 0.717) is 26.1 Å². The fourth-order valence-electron chi connectivity index (χ4n) is 2.11. The number of nitrogens with zero attached hydrogens (tertiary/aromatic N) is 2. The number of unbranched alkanes of at least 4 members (excludes halogenated alkanes) is 2. The van der Waals surface area contributed by atoms with Crippen molar-refractivity contribution in [3.05, 3.63) is 0 Å². The van der Waals surface area contributed by atoms with Crippen LogP contribution in [0.2, 0.25) is 0 Å². The maximum atomic E-state index is 12.0. The molecule has 1 fully saturated rings. The molecule has 0 radical (unpaired) electrons. The van der Waals surface area contributed by atoms with E-state index in [9.17, 15) is 9.59 Å². The third kappa shape index (κ3) is 4.18. The molecule has 0 spiro atoms. The van der Waals surface area contributed by atoms with Gasteiger partial charge in [-0.1, -0.05) is 0 Å². The Kier molecular flexibility index (Phi) is 5.91. The second kappa shape index (κ2) is 7.20. The van der Waals surface area contributed by atoms with Crippen LogP contribution in [0, 0.1) is 5.92 Å². The van der Waals surface area contributed by atoms with Gasteiger partial charge >= 0.3 is 12.0 Å². The van der Waals surface area contributed by atoms with E-state index in [2.05, 4.69) is 0 Å². The van der Waals surface area contributed by atoms with Crippen molar-refractivity contribution >= 4 is 12.0 Å². The Hall–Kier alpha value is -1.30. The number of rotatable bonds is 6. The zero-order valence-electron chi connectivity index (χ0n) is 10.8. The molecule has 18 heavy (non-hydrogen) atoms. The van der Waals surface area contributed by atoms with Crippen LogP contribution in [0.3, 0.4) is 0 Å². The maximum absolute atomic E-state index is 12.0. The number of hydrogen-bond acceptors (Lipinski definition) is 3. The Labute approximate surface area is 107 Å². The molecule has 6 heteroatoms. The van der Waals surface area contributed by atoms with Gasteiger partial charge in [0.15, 0.2) is 0 Å². The van der Waals surface area contributed by atoms with Crippen LogP contribution in [0.4, 0.5) is 4.79 Å². The molecule has 1 aliphatic rings. The highest BCUT2D eigenvalue weighted by atomic mass is 16.4. The molecule has 0 bridgehead atoms. The number of carboxylic acid groups (broad SMARTS) is 1. The minimum atomic E-state index is -0.823. The molecule has 2 amide bonds. The number of carbonyl (C=O) groups excluding carboxylic acids is 1. The highest BCUT2D eigenvalue weighted by Gasteiger charge is 2.31. The van der Waals surface area contributed by atoms with Crippen molar-refractivity contribution < 1.29 is 19.8 Å². The summed E-state index contributed by atoms with van der Waals surface area (Å²) in [6, 6.07) is -0.0947. The second-order valence-electron chi connectivity index (χ2n) is 4.76. The number of aliphatic carboxylic acids is 1. The van der Waals surface area contributed by atoms with Gasteiger partial charge < -0.3 is 20.0 Å². The third-order valence-corrected chi connectivity index (χ3v) is 3.29. The molecule has 0 saturated carbocycles. The van der Waals surface area contributed by atoms with Crippen molar-refractivity contribution in [2.24, 2.45) is 5.92 Å². The molecule has 1 atom stereocenters. The van der Waals surface area contributed by atoms with Crippen LogP contribution in [-0.4, -0.2) is 65.3 Å². The molecule has 0 aromatic carbocycles. The first-order valence-corrected chi connectivity index (χ1v) is 6.40. The van der Waals surface area contributed by atoms with Gasteiger partial charge in [0.05, 0.1) is 5.92 Å². The summed E-state index contributed by atoms with van der Waals surface area (Å²) in [4.78, 5) is 26.0. The average molecular weight is 258 g/mol. The first-order valence-electron chi connectivity index (χ1n) is 6.40. The first-order chi connectivity index (χ1) is 8.56. The van der Waals surface area contributed by atoms with Crippen molar-refractivity contribution in [2.75, 3.05) is 33.3 Å². The standard InChI is InChI=1S/C12H22N2O4/c1-13(6-3-2-4-8-15)12(18)14-7-5-10(9-14)11(16)17/h10,15H,2-9H2,1H3,(H,16,17). The number of carboxylic acids is 1. The van der Waals surface area contributed by atoms with Crippen molar-refractivity contribution in [3.63, 3.8) is 0 Å². The van der Waals surface area contributed by atoms with Gasteiger partial charge in [0.25, 0.3) is 0 Å². The van der Waals surface area contributed by atoms with Crippen molar-refractivity contribution in [1.82, 2.24) is 9.80 Å². The Balaban J connectivity index is 2.29. The van der Waals surface area contributed by atoms with E-state index in [-0.39, 0.29) is 12.6 Å². The summed E-state index contributed by atoms with van der Waals surface area (Å²) in [6.45, 7) is 1.67. The molecule has 2 N–H and O–H groups in total. The number of aliphatic hydroxyl groups excluding tert-OH is 1. The first kappa shape index (κ1) is 14.8. The van der Waals surface area contributed by atoms with Gasteiger partial charge in [-0.05, 0) is 25.7 Å². The molecule has 0 aliphatic carbocycles. The average Bonchev–Trinajstić information content (AvgIpc) is 2.83. The zero-order chi connectivity index (χ0) is 13.5. The van der Waals surface area contributed by atoms with Crippen LogP contribution in [0.1, 0.15) is 25.7 Å². The largest absolute Gasteiger partial charge is 0.481 e. The summed E-state index contributed by atoms with van der Waals surface area (Å²) in [5.41, 5.74) is 0. The van der Waals surface area contributed by atoms with Gasteiger partial charge in [-0.2, -0.15) is 0 Å². The van der Waals surface area contributed by atoms with Gasteiger partial charge in [0, 0.05) is 33.3 Å². The lowest BCUT2D eigenvalue weighted by Gasteiger charge is -2.24. The number of hydrogen-bond donors (Lipinski definition) is 2. The SMILES string of the molecule is CN(CCCCCO)C(=O)N1CCC(C(=O)O)C1. The number of carbonyl (C=O) groups is 2. The summed E-state index contributed by atoms with van der Waals surface area (Å²) in [6.07, 6.45) is 3.05. The predicted molar refractivity (Wildman–Crippen MR) is 66.3 cm³/mol. The highest BCUT2D eigenvalue weighted by molar-refractivity contribution is 5.77. The summed E-state index contributed by atoms with van der Waals surface area (Å²) in [5, 5.41) is 17.5. The van der Waals surface area contributed by atoms with Gasteiger partial charge in [-0.25, -0.2) is 4.79 Å². The van der Waals surface area contributed by atoms with Gasteiger partial charge in [0.2, 0.25) is 0 Å². The van der Waals surface area contributed by atoms with E-state index in [1.807, 2.05) is 0 Å². The van der Waals surface area contributed by atoms with E-state index in [0.717, 1.165) is 19.3 Å². The molecular weight excluding hydrogens is 236 g/mol. The predicted octanol–water partition coefficient (Wildman–Crippen LogP) is 0.607. The van der Waals surface area contributed by atoms with Crippen LogP contribution in [0.25, 0.3) is 0 Å². The molecule has 1 unspecified atom stereocenters. The normalized spacial score (nSPS) is 19.0. The summed E-state index contributed by atoms with van der Waals surface area (Å²) < 4.78 is 0. The van der Waals surface area contributed by atoms with Crippen LogP contribution in [0.15, 0.2) is 0 Å². The van der Waals surface area contributed by atoms with E-state index < -0.39 is 11.9 Å². The highest BCUT2D eigenvalue weighted by Crippen LogP contribution is 2.17. The Morgan fingerprint density at radius 3 is 2.61 bits per heavy atom. The fraction of sp³-hybridized carbons (Fsp3) is 0.833. The van der Waals surface area contributed by atoms with Crippen molar-refractivity contribution in [3.8, 4) is 0 Å². The van der Waals surface area contributed by atoms with Crippen LogP contribution in [0.5, 0.6) is 0 Å². The van der Waals surface area contributed by atoms with Gasteiger partial charge in [-0.15, -0.1) is 0 Å². The van der Waals surface area contributed by atoms with Crippen LogP contribution in [-0.2, 0) is 4.79 Å².